The van der Waals surface area contributed by atoms with Gasteiger partial charge < -0.3 is 10.2 Å². The molecule has 0 bridgehead atoms. The smallest absolute Gasteiger partial charge is 0.0239 e. The van der Waals surface area contributed by atoms with Crippen molar-refractivity contribution >= 4 is 11.3 Å². The van der Waals surface area contributed by atoms with Crippen LogP contribution in [0.3, 0.4) is 0 Å². The van der Waals surface area contributed by atoms with Gasteiger partial charge in [0.05, 0.1) is 0 Å². The van der Waals surface area contributed by atoms with Gasteiger partial charge in [-0.2, -0.15) is 11.3 Å². The van der Waals surface area contributed by atoms with E-state index < -0.39 is 0 Å². The Balaban J connectivity index is 2.46. The van der Waals surface area contributed by atoms with E-state index in [-0.39, 0.29) is 0 Å². The lowest BCUT2D eigenvalue weighted by Gasteiger charge is -2.34. The zero-order valence-electron chi connectivity index (χ0n) is 13.0. The minimum Gasteiger partial charge on any atom is -0.316 e. The molecule has 1 atom stereocenters. The summed E-state index contributed by atoms with van der Waals surface area (Å²) in [6.45, 7) is 11.4. The van der Waals surface area contributed by atoms with Crippen molar-refractivity contribution in [2.24, 2.45) is 5.41 Å². The van der Waals surface area contributed by atoms with Crippen molar-refractivity contribution in [1.82, 2.24) is 10.2 Å². The number of hydrogen-bond donors (Lipinski definition) is 1. The minimum absolute atomic E-state index is 0.384. The molecule has 0 radical (unpaired) electrons. The van der Waals surface area contributed by atoms with Crippen LogP contribution >= 0.6 is 11.3 Å². The van der Waals surface area contributed by atoms with Crippen molar-refractivity contribution in [1.29, 1.82) is 0 Å². The predicted octanol–water partition coefficient (Wildman–Crippen LogP) is 3.99. The van der Waals surface area contributed by atoms with Crippen molar-refractivity contribution in [2.75, 3.05) is 26.7 Å². The highest BCUT2D eigenvalue weighted by Crippen LogP contribution is 2.24. The Hall–Kier alpha value is -0.380. The molecule has 1 aromatic heterocycles. The maximum Gasteiger partial charge on any atom is 0.0239 e. The van der Waals surface area contributed by atoms with Crippen LogP contribution < -0.4 is 5.32 Å². The molecule has 0 spiro atoms. The summed E-state index contributed by atoms with van der Waals surface area (Å²) >= 11 is 1.79. The van der Waals surface area contributed by atoms with Gasteiger partial charge in [-0.1, -0.05) is 27.2 Å². The van der Waals surface area contributed by atoms with E-state index in [9.17, 15) is 0 Å². The van der Waals surface area contributed by atoms with E-state index in [1.165, 1.54) is 24.8 Å². The van der Waals surface area contributed by atoms with E-state index in [0.29, 0.717) is 5.41 Å². The second-order valence-corrected chi connectivity index (χ2v) is 6.82. The SMILES string of the molecule is CCCNCC(C)(CCC)CN(C)Cc1ccsc1. The van der Waals surface area contributed by atoms with E-state index >= 15 is 0 Å². The van der Waals surface area contributed by atoms with Gasteiger partial charge in [0.1, 0.15) is 0 Å². The van der Waals surface area contributed by atoms with Crippen LogP contribution in [0, 0.1) is 5.41 Å². The highest BCUT2D eigenvalue weighted by atomic mass is 32.1. The van der Waals surface area contributed by atoms with Gasteiger partial charge in [-0.05, 0) is 54.2 Å². The molecule has 3 heteroatoms. The fraction of sp³-hybridized carbons (Fsp3) is 0.750. The third-order valence-electron chi connectivity index (χ3n) is 3.52. The first-order valence-electron chi connectivity index (χ1n) is 7.50. The lowest BCUT2D eigenvalue weighted by Crippen LogP contribution is -2.41. The summed E-state index contributed by atoms with van der Waals surface area (Å²) in [5, 5.41) is 8.02. The van der Waals surface area contributed by atoms with Gasteiger partial charge >= 0.3 is 0 Å². The monoisotopic (exact) mass is 282 g/mol. The Bertz CT molecular complexity index is 323. The number of rotatable bonds is 10. The summed E-state index contributed by atoms with van der Waals surface area (Å²) < 4.78 is 0. The van der Waals surface area contributed by atoms with Gasteiger partial charge in [-0.15, -0.1) is 0 Å². The average molecular weight is 282 g/mol. The Morgan fingerprint density at radius 2 is 2.11 bits per heavy atom. The van der Waals surface area contributed by atoms with Crippen molar-refractivity contribution in [3.05, 3.63) is 22.4 Å². The number of hydrogen-bond acceptors (Lipinski definition) is 3. The highest BCUT2D eigenvalue weighted by molar-refractivity contribution is 7.07. The topological polar surface area (TPSA) is 15.3 Å². The molecule has 0 aliphatic carbocycles. The molecule has 0 aromatic carbocycles. The molecule has 2 nitrogen and oxygen atoms in total. The first-order valence-corrected chi connectivity index (χ1v) is 8.44. The maximum absolute atomic E-state index is 3.60. The molecule has 1 rings (SSSR count). The van der Waals surface area contributed by atoms with Gasteiger partial charge in [0, 0.05) is 19.6 Å². The summed E-state index contributed by atoms with van der Waals surface area (Å²) in [6.07, 6.45) is 3.77. The second kappa shape index (κ2) is 8.72. The van der Waals surface area contributed by atoms with Crippen LogP contribution in [0.2, 0.25) is 0 Å². The Kier molecular flexibility index (Phi) is 7.66. The normalized spacial score (nSPS) is 14.8. The lowest BCUT2D eigenvalue weighted by atomic mass is 9.84. The fourth-order valence-corrected chi connectivity index (χ4v) is 3.46. The van der Waals surface area contributed by atoms with Crippen LogP contribution in [-0.4, -0.2) is 31.6 Å². The lowest BCUT2D eigenvalue weighted by molar-refractivity contribution is 0.168. The summed E-state index contributed by atoms with van der Waals surface area (Å²) in [5.74, 6) is 0. The van der Waals surface area contributed by atoms with Gasteiger partial charge in [0.25, 0.3) is 0 Å². The van der Waals surface area contributed by atoms with Crippen molar-refractivity contribution in [2.45, 2.75) is 46.6 Å². The number of nitrogens with one attached hydrogen (secondary N) is 1. The molecule has 0 saturated carbocycles. The number of thiophene rings is 1. The molecule has 19 heavy (non-hydrogen) atoms. The number of nitrogens with zero attached hydrogens (tertiary/aromatic N) is 1. The first-order chi connectivity index (χ1) is 9.09. The van der Waals surface area contributed by atoms with Gasteiger partial charge in [-0.25, -0.2) is 0 Å². The zero-order chi connectivity index (χ0) is 14.1. The molecule has 0 aliphatic rings. The molecular weight excluding hydrogens is 252 g/mol. The molecule has 1 unspecified atom stereocenters. The van der Waals surface area contributed by atoms with Crippen LogP contribution in [0.5, 0.6) is 0 Å². The Labute approximate surface area is 123 Å². The van der Waals surface area contributed by atoms with E-state index in [1.807, 2.05) is 0 Å². The van der Waals surface area contributed by atoms with E-state index in [1.54, 1.807) is 11.3 Å². The second-order valence-electron chi connectivity index (χ2n) is 6.04. The van der Waals surface area contributed by atoms with E-state index in [4.69, 9.17) is 0 Å². The fourth-order valence-electron chi connectivity index (χ4n) is 2.80. The third kappa shape index (κ3) is 6.55. The Morgan fingerprint density at radius 3 is 2.68 bits per heavy atom. The molecule has 1 N–H and O–H groups in total. The molecule has 0 aliphatic heterocycles. The zero-order valence-corrected chi connectivity index (χ0v) is 13.9. The molecule has 110 valence electrons. The van der Waals surface area contributed by atoms with Crippen LogP contribution in [0.4, 0.5) is 0 Å². The van der Waals surface area contributed by atoms with Gasteiger partial charge in [-0.3, -0.25) is 0 Å². The molecule has 0 fully saturated rings. The van der Waals surface area contributed by atoms with Gasteiger partial charge in [0.2, 0.25) is 0 Å². The summed E-state index contributed by atoms with van der Waals surface area (Å²) in [4.78, 5) is 2.46. The van der Waals surface area contributed by atoms with Crippen molar-refractivity contribution in [3.8, 4) is 0 Å². The van der Waals surface area contributed by atoms with Crippen molar-refractivity contribution in [3.63, 3.8) is 0 Å². The van der Waals surface area contributed by atoms with Crippen LogP contribution in [0.1, 0.15) is 45.6 Å². The van der Waals surface area contributed by atoms with Crippen LogP contribution in [-0.2, 0) is 6.54 Å². The predicted molar refractivity (Wildman–Crippen MR) is 86.8 cm³/mol. The van der Waals surface area contributed by atoms with Crippen molar-refractivity contribution < 1.29 is 0 Å². The quantitative estimate of drug-likeness (QED) is 0.653. The summed E-state index contributed by atoms with van der Waals surface area (Å²) in [5.41, 5.74) is 1.82. The maximum atomic E-state index is 3.60. The average Bonchev–Trinajstić information content (AvgIpc) is 2.82. The molecule has 0 amide bonds. The highest BCUT2D eigenvalue weighted by Gasteiger charge is 2.24. The first kappa shape index (κ1) is 16.7. The standard InChI is InChI=1S/C16H30N2S/c1-5-8-16(3,13-17-9-6-2)14-18(4)11-15-7-10-19-12-15/h7,10,12,17H,5-6,8-9,11,13-14H2,1-4H3. The summed E-state index contributed by atoms with van der Waals surface area (Å²) in [7, 11) is 2.24. The molecule has 0 saturated heterocycles. The van der Waals surface area contributed by atoms with E-state index in [0.717, 1.165) is 26.2 Å². The molecular formula is C16H30N2S. The molecule has 1 heterocycles. The third-order valence-corrected chi connectivity index (χ3v) is 4.25. The van der Waals surface area contributed by atoms with E-state index in [2.05, 4.69) is 54.9 Å². The molecule has 1 aromatic rings. The van der Waals surface area contributed by atoms with Crippen LogP contribution in [0.25, 0.3) is 0 Å². The summed E-state index contributed by atoms with van der Waals surface area (Å²) in [6, 6.07) is 2.23. The Morgan fingerprint density at radius 1 is 1.32 bits per heavy atom. The van der Waals surface area contributed by atoms with Gasteiger partial charge in [0.15, 0.2) is 0 Å². The minimum atomic E-state index is 0.384. The van der Waals surface area contributed by atoms with Crippen LogP contribution in [0.15, 0.2) is 16.8 Å². The largest absolute Gasteiger partial charge is 0.316 e.